The molecule has 9 heteroatoms. The summed E-state index contributed by atoms with van der Waals surface area (Å²) in [5.41, 5.74) is 7.09. The van der Waals surface area contributed by atoms with E-state index in [2.05, 4.69) is 25.6 Å². The lowest BCUT2D eigenvalue weighted by atomic mass is 10.00. The highest BCUT2D eigenvalue weighted by atomic mass is 16.4. The summed E-state index contributed by atoms with van der Waals surface area (Å²) >= 11 is 0. The Labute approximate surface area is 255 Å². The first-order chi connectivity index (χ1) is 21.3. The molecule has 0 radical (unpaired) electrons. The Morgan fingerprint density at radius 2 is 1.50 bits per heavy atom. The molecule has 9 nitrogen and oxygen atoms in total. The van der Waals surface area contributed by atoms with Crippen molar-refractivity contribution in [3.63, 3.8) is 0 Å². The fourth-order valence-electron chi connectivity index (χ4n) is 5.41. The number of carboxylic acids is 1. The van der Waals surface area contributed by atoms with E-state index in [4.69, 9.17) is 0 Å². The summed E-state index contributed by atoms with van der Waals surface area (Å²) in [6.07, 6.45) is 8.26. The fourth-order valence-corrected chi connectivity index (χ4v) is 5.41. The number of aliphatic carboxylic acids is 1. The zero-order chi connectivity index (χ0) is 31.1. The molecule has 5 rings (SSSR count). The topological polar surface area (TPSA) is 137 Å². The van der Waals surface area contributed by atoms with Crippen molar-refractivity contribution in [3.8, 4) is 11.1 Å². The first-order valence-corrected chi connectivity index (χ1v) is 14.6. The molecule has 5 aromatic rings. The number of hydrogen-bond acceptors (Lipinski definition) is 5. The van der Waals surface area contributed by atoms with E-state index in [0.717, 1.165) is 44.3 Å². The Balaban J connectivity index is 1.30. The van der Waals surface area contributed by atoms with Gasteiger partial charge in [0.2, 0.25) is 5.91 Å². The van der Waals surface area contributed by atoms with Crippen molar-refractivity contribution >= 4 is 28.7 Å². The summed E-state index contributed by atoms with van der Waals surface area (Å²) in [7, 11) is 0. The minimum absolute atomic E-state index is 0.200. The van der Waals surface area contributed by atoms with Crippen LogP contribution in [0.5, 0.6) is 0 Å². The summed E-state index contributed by atoms with van der Waals surface area (Å²) in [5, 5.41) is 16.6. The molecule has 0 unspecified atom stereocenters. The number of carbonyl (C=O) groups is 3. The van der Waals surface area contributed by atoms with E-state index in [1.165, 1.54) is 6.33 Å². The second-order valence-corrected chi connectivity index (χ2v) is 11.1. The molecule has 0 spiro atoms. The van der Waals surface area contributed by atoms with E-state index in [-0.39, 0.29) is 18.7 Å². The van der Waals surface area contributed by atoms with Crippen LogP contribution >= 0.6 is 0 Å². The van der Waals surface area contributed by atoms with E-state index >= 15 is 0 Å². The molecule has 0 fully saturated rings. The van der Waals surface area contributed by atoms with Crippen LogP contribution in [-0.2, 0) is 22.4 Å². The van der Waals surface area contributed by atoms with E-state index < -0.39 is 24.0 Å². The van der Waals surface area contributed by atoms with Crippen LogP contribution in [0, 0.1) is 13.8 Å². The average molecular weight is 590 g/mol. The van der Waals surface area contributed by atoms with Gasteiger partial charge in [-0.1, -0.05) is 59.7 Å². The lowest BCUT2D eigenvalue weighted by Gasteiger charge is -2.22. The Hall–Kier alpha value is -5.31. The van der Waals surface area contributed by atoms with Crippen molar-refractivity contribution in [2.75, 3.05) is 0 Å². The first kappa shape index (κ1) is 30.2. The van der Waals surface area contributed by atoms with Crippen LogP contribution in [0.25, 0.3) is 22.0 Å². The van der Waals surface area contributed by atoms with Gasteiger partial charge in [-0.2, -0.15) is 0 Å². The number of aromatic nitrogens is 3. The Bertz CT molecular complexity index is 1750. The molecule has 2 aromatic heterocycles. The average Bonchev–Trinajstić information content (AvgIpc) is 3.44. The summed E-state index contributed by atoms with van der Waals surface area (Å²) in [6, 6.07) is 19.1. The zero-order valence-electron chi connectivity index (χ0n) is 24.7. The molecule has 2 heterocycles. The Kier molecular flexibility index (Phi) is 9.44. The van der Waals surface area contributed by atoms with Crippen molar-refractivity contribution in [3.05, 3.63) is 119 Å². The smallest absolute Gasteiger partial charge is 0.326 e. The van der Waals surface area contributed by atoms with Crippen LogP contribution in [0.3, 0.4) is 0 Å². The lowest BCUT2D eigenvalue weighted by molar-refractivity contribution is -0.142. The summed E-state index contributed by atoms with van der Waals surface area (Å²) in [4.78, 5) is 50.4. The molecule has 0 bridgehead atoms. The molecule has 0 aliphatic heterocycles. The normalized spacial score (nSPS) is 12.4. The fraction of sp³-hybridized carbons (Fsp3) is 0.229. The van der Waals surface area contributed by atoms with E-state index in [9.17, 15) is 19.5 Å². The Morgan fingerprint density at radius 3 is 2.20 bits per heavy atom. The van der Waals surface area contributed by atoms with Crippen molar-refractivity contribution in [2.24, 2.45) is 0 Å². The molecule has 0 aliphatic carbocycles. The maximum atomic E-state index is 13.6. The minimum Gasteiger partial charge on any atom is -0.480 e. The molecular formula is C35H35N5O4. The lowest BCUT2D eigenvalue weighted by Crippen LogP contribution is -2.52. The van der Waals surface area contributed by atoms with Crippen LogP contribution in [0.2, 0.25) is 0 Å². The van der Waals surface area contributed by atoms with Gasteiger partial charge in [-0.3, -0.25) is 9.59 Å². The van der Waals surface area contributed by atoms with Crippen molar-refractivity contribution < 1.29 is 19.5 Å². The number of nitrogens with one attached hydrogen (secondary N) is 3. The van der Waals surface area contributed by atoms with Gasteiger partial charge in [0.05, 0.1) is 0 Å². The van der Waals surface area contributed by atoms with Crippen LogP contribution in [0.15, 0.2) is 91.6 Å². The summed E-state index contributed by atoms with van der Waals surface area (Å²) in [5.74, 6) is -2.05. The predicted octanol–water partition coefficient (Wildman–Crippen LogP) is 5.18. The molecule has 0 aliphatic rings. The third kappa shape index (κ3) is 7.55. The van der Waals surface area contributed by atoms with Gasteiger partial charge in [0, 0.05) is 40.6 Å². The number of rotatable bonds is 12. The van der Waals surface area contributed by atoms with E-state index in [1.807, 2.05) is 74.6 Å². The third-order valence-electron chi connectivity index (χ3n) is 7.67. The summed E-state index contributed by atoms with van der Waals surface area (Å²) < 4.78 is 0. The molecule has 224 valence electrons. The molecule has 0 saturated carbocycles. The second-order valence-electron chi connectivity index (χ2n) is 11.1. The number of benzene rings is 3. The van der Waals surface area contributed by atoms with Crippen LogP contribution < -0.4 is 10.6 Å². The SMILES string of the molecule is Cc1cc(C)cc(C(=O)N[C@H](CCc2ccc(-c3cncnc3)cc2)C(=O)N[C@@H](CCc2c[nH]c3ccccc23)C(=O)O)c1. The minimum atomic E-state index is -1.13. The third-order valence-corrected chi connectivity index (χ3v) is 7.67. The van der Waals surface area contributed by atoms with Gasteiger partial charge in [0.1, 0.15) is 18.4 Å². The highest BCUT2D eigenvalue weighted by molar-refractivity contribution is 5.98. The van der Waals surface area contributed by atoms with E-state index in [0.29, 0.717) is 18.4 Å². The molecule has 44 heavy (non-hydrogen) atoms. The van der Waals surface area contributed by atoms with Crippen LogP contribution in [-0.4, -0.2) is 49.9 Å². The van der Waals surface area contributed by atoms with Gasteiger partial charge in [0.25, 0.3) is 5.91 Å². The number of fused-ring (bicyclic) bond motifs is 1. The number of para-hydroxylation sites is 1. The number of carboxylic acid groups (broad SMARTS) is 1. The van der Waals surface area contributed by atoms with Crippen LogP contribution in [0.4, 0.5) is 0 Å². The monoisotopic (exact) mass is 589 g/mol. The van der Waals surface area contributed by atoms with Gasteiger partial charge in [-0.05, 0) is 74.4 Å². The number of H-pyrrole nitrogens is 1. The van der Waals surface area contributed by atoms with Crippen molar-refractivity contribution in [2.45, 2.75) is 51.6 Å². The molecule has 2 amide bonds. The highest BCUT2D eigenvalue weighted by Gasteiger charge is 2.27. The van der Waals surface area contributed by atoms with Gasteiger partial charge in [-0.25, -0.2) is 14.8 Å². The second kappa shape index (κ2) is 13.8. The number of nitrogens with zero attached hydrogens (tertiary/aromatic N) is 2. The van der Waals surface area contributed by atoms with Crippen LogP contribution in [0.1, 0.15) is 45.5 Å². The first-order valence-electron chi connectivity index (χ1n) is 14.6. The number of amides is 2. The maximum Gasteiger partial charge on any atom is 0.326 e. The zero-order valence-corrected chi connectivity index (χ0v) is 24.7. The number of aromatic amines is 1. The number of aryl methyl sites for hydroxylation is 4. The molecular weight excluding hydrogens is 554 g/mol. The maximum absolute atomic E-state index is 13.6. The number of carbonyl (C=O) groups excluding carboxylic acids is 2. The van der Waals surface area contributed by atoms with Gasteiger partial charge in [-0.15, -0.1) is 0 Å². The molecule has 0 saturated heterocycles. The van der Waals surface area contributed by atoms with Gasteiger partial charge < -0.3 is 20.7 Å². The Morgan fingerprint density at radius 1 is 0.818 bits per heavy atom. The molecule has 4 N–H and O–H groups in total. The quantitative estimate of drug-likeness (QED) is 0.158. The summed E-state index contributed by atoms with van der Waals surface area (Å²) in [6.45, 7) is 3.81. The van der Waals surface area contributed by atoms with Gasteiger partial charge in [0.15, 0.2) is 0 Å². The molecule has 3 aromatic carbocycles. The molecule has 2 atom stereocenters. The number of hydrogen-bond donors (Lipinski definition) is 4. The standard InChI is InChI=1S/C35H35N5O4/c1-22-15-23(2)17-27(16-22)33(41)39-31(13-9-24-7-10-25(11-8-24)28-18-36-21-37-19-28)34(42)40-32(35(43)44)14-12-26-20-38-30-6-4-3-5-29(26)30/h3-8,10-11,15-21,31-32,38H,9,12-14H2,1-2H3,(H,39,41)(H,40,42)(H,43,44)/t31-,32+/m1/s1. The van der Waals surface area contributed by atoms with Crippen molar-refractivity contribution in [1.82, 2.24) is 25.6 Å². The van der Waals surface area contributed by atoms with E-state index in [1.54, 1.807) is 24.5 Å². The van der Waals surface area contributed by atoms with Gasteiger partial charge >= 0.3 is 5.97 Å². The van der Waals surface area contributed by atoms with Crippen molar-refractivity contribution in [1.29, 1.82) is 0 Å². The highest BCUT2D eigenvalue weighted by Crippen LogP contribution is 2.21. The largest absolute Gasteiger partial charge is 0.480 e. The predicted molar refractivity (Wildman–Crippen MR) is 169 cm³/mol.